The van der Waals surface area contributed by atoms with Gasteiger partial charge in [-0.2, -0.15) is 0 Å². The quantitative estimate of drug-likeness (QED) is 0.581. The fourth-order valence-corrected chi connectivity index (χ4v) is 0. The molecule has 0 saturated carbocycles. The Balaban J connectivity index is -0.0000000702. The van der Waals surface area contributed by atoms with Crippen molar-refractivity contribution in [1.82, 2.24) is 0 Å². The zero-order valence-electron chi connectivity index (χ0n) is 19.0. The summed E-state index contributed by atoms with van der Waals surface area (Å²) in [5.41, 5.74) is -0.0556. The maximum Gasteiger partial charge on any atom is 4.00 e. The van der Waals surface area contributed by atoms with Gasteiger partial charge < -0.3 is 20.4 Å². The van der Waals surface area contributed by atoms with Crippen LogP contribution in [0.2, 0.25) is 0 Å². The zero-order valence-corrected chi connectivity index (χ0v) is 20.5. The van der Waals surface area contributed by atoms with E-state index in [9.17, 15) is 20.4 Å². The molecule has 0 unspecified atom stereocenters. The first-order valence-corrected chi connectivity index (χ1v) is 8.57. The van der Waals surface area contributed by atoms with E-state index in [1.165, 1.54) is 0 Å². The van der Waals surface area contributed by atoms with Gasteiger partial charge in [-0.15, -0.1) is 26.4 Å². The topological polar surface area (TPSA) is 92.2 Å². The summed E-state index contributed by atoms with van der Waals surface area (Å²) in [6.45, 7) is 23.3. The molecule has 0 saturated heterocycles. The van der Waals surface area contributed by atoms with Crippen LogP contribution < -0.4 is 20.4 Å². The molecule has 0 rings (SSSR count). The van der Waals surface area contributed by atoms with Crippen molar-refractivity contribution in [1.29, 1.82) is 0 Å². The van der Waals surface area contributed by atoms with Crippen LogP contribution >= 0.6 is 0 Å². The van der Waals surface area contributed by atoms with Crippen LogP contribution in [0.5, 0.6) is 0 Å². The van der Waals surface area contributed by atoms with E-state index in [0.29, 0.717) is 0 Å². The Morgan fingerprint density at radius 2 is 0.400 bits per heavy atom. The van der Waals surface area contributed by atoms with Crippen LogP contribution in [0, 0.1) is 21.7 Å². The average Bonchev–Trinajstić information content (AvgIpc) is 2.37. The minimum atomic E-state index is -0.0139. The Kier molecular flexibility index (Phi) is 24.4. The van der Waals surface area contributed by atoms with Gasteiger partial charge in [-0.3, -0.25) is 0 Å². The molecule has 0 N–H and O–H groups in total. The third-order valence-corrected chi connectivity index (χ3v) is 1.73. The molecule has 0 bridgehead atoms. The van der Waals surface area contributed by atoms with Crippen LogP contribution in [0.4, 0.5) is 0 Å². The Morgan fingerprint density at radius 1 is 0.360 bits per heavy atom. The minimum Gasteiger partial charge on any atom is -0.854 e. The van der Waals surface area contributed by atoms with Crippen molar-refractivity contribution in [3.05, 3.63) is 0 Å². The summed E-state index contributed by atoms with van der Waals surface area (Å²) in [6.07, 6.45) is 0. The van der Waals surface area contributed by atoms with Crippen molar-refractivity contribution in [2.24, 2.45) is 21.7 Å². The first-order chi connectivity index (χ1) is 10.2. The van der Waals surface area contributed by atoms with E-state index in [4.69, 9.17) is 0 Å². The van der Waals surface area contributed by atoms with Crippen molar-refractivity contribution in [2.45, 2.75) is 83.1 Å². The molecular weight excluding hydrogens is 352 g/mol. The van der Waals surface area contributed by atoms with Gasteiger partial charge in [0.1, 0.15) is 0 Å². The van der Waals surface area contributed by atoms with Crippen molar-refractivity contribution in [3.8, 4) is 0 Å². The van der Waals surface area contributed by atoms with Crippen LogP contribution in [0.3, 0.4) is 0 Å². The molecule has 0 aliphatic carbocycles. The molecular formula is C20H44O4Ti. The Labute approximate surface area is 173 Å². The maximum absolute atomic E-state index is 9.95. The van der Waals surface area contributed by atoms with Gasteiger partial charge >= 0.3 is 21.7 Å². The van der Waals surface area contributed by atoms with Crippen LogP contribution in [0.1, 0.15) is 83.1 Å². The van der Waals surface area contributed by atoms with Gasteiger partial charge in [-0.1, -0.05) is 105 Å². The van der Waals surface area contributed by atoms with E-state index >= 15 is 0 Å². The second-order valence-corrected chi connectivity index (χ2v) is 10.8. The molecule has 0 atom stereocenters. The molecule has 0 spiro atoms. The summed E-state index contributed by atoms with van der Waals surface area (Å²) in [7, 11) is 0. The van der Waals surface area contributed by atoms with Crippen LogP contribution in [-0.2, 0) is 21.7 Å². The van der Waals surface area contributed by atoms with Crippen LogP contribution in [0.25, 0.3) is 0 Å². The molecule has 0 fully saturated rings. The van der Waals surface area contributed by atoms with E-state index < -0.39 is 0 Å². The van der Waals surface area contributed by atoms with Gasteiger partial charge in [-0.25, -0.2) is 0 Å². The van der Waals surface area contributed by atoms with Gasteiger partial charge in [0.2, 0.25) is 0 Å². The first kappa shape index (κ1) is 36.5. The maximum atomic E-state index is 9.95. The molecule has 25 heavy (non-hydrogen) atoms. The smallest absolute Gasteiger partial charge is 0.854 e. The Morgan fingerprint density at radius 3 is 0.400 bits per heavy atom. The molecule has 0 heterocycles. The number of hydrogen-bond donors (Lipinski definition) is 0. The normalized spacial score (nSPS) is 11.5. The van der Waals surface area contributed by atoms with E-state index in [1.54, 1.807) is 0 Å². The standard InChI is InChI=1S/4C5H11O.Ti/c4*1-5(2,3)4-6;/h4*4H2,1-3H3;/q4*-1;+4. The van der Waals surface area contributed by atoms with Crippen molar-refractivity contribution < 1.29 is 42.1 Å². The van der Waals surface area contributed by atoms with Crippen molar-refractivity contribution >= 4 is 0 Å². The summed E-state index contributed by atoms with van der Waals surface area (Å²) < 4.78 is 0. The summed E-state index contributed by atoms with van der Waals surface area (Å²) in [6, 6.07) is 0. The molecule has 152 valence electrons. The molecule has 0 aliphatic heterocycles. The molecule has 4 nitrogen and oxygen atoms in total. The largest absolute Gasteiger partial charge is 4.00 e. The Hall–Kier alpha value is 0.554. The second kappa shape index (κ2) is 16.7. The van der Waals surface area contributed by atoms with Crippen molar-refractivity contribution in [3.63, 3.8) is 0 Å². The Bertz CT molecular complexity index is 197. The fraction of sp³-hybridized carbons (Fsp3) is 1.00. The molecule has 0 aromatic carbocycles. The van der Waals surface area contributed by atoms with E-state index in [1.807, 2.05) is 83.1 Å². The minimum absolute atomic E-state index is 0. The molecule has 5 heteroatoms. The molecule has 0 amide bonds. The van der Waals surface area contributed by atoms with Gasteiger partial charge in [-0.05, 0) is 0 Å². The predicted octanol–water partition coefficient (Wildman–Crippen LogP) is 1.57. The van der Waals surface area contributed by atoms with Gasteiger partial charge in [0.05, 0.1) is 0 Å². The predicted molar refractivity (Wildman–Crippen MR) is 97.3 cm³/mol. The third kappa shape index (κ3) is 79.3. The third-order valence-electron chi connectivity index (χ3n) is 1.73. The number of hydrogen-bond acceptors (Lipinski definition) is 4. The van der Waals surface area contributed by atoms with Crippen LogP contribution in [-0.4, -0.2) is 26.4 Å². The SMILES string of the molecule is CC(C)(C)C[O-].CC(C)(C)C[O-].CC(C)(C)C[O-].CC(C)(C)C[O-].[Ti+4]. The van der Waals surface area contributed by atoms with Crippen LogP contribution in [0.15, 0.2) is 0 Å². The van der Waals surface area contributed by atoms with Gasteiger partial charge in [0.25, 0.3) is 0 Å². The fourth-order valence-electron chi connectivity index (χ4n) is 0. The van der Waals surface area contributed by atoms with Crippen molar-refractivity contribution in [2.75, 3.05) is 26.4 Å². The first-order valence-electron chi connectivity index (χ1n) is 8.57. The van der Waals surface area contributed by atoms with Gasteiger partial charge in [0.15, 0.2) is 0 Å². The summed E-state index contributed by atoms with van der Waals surface area (Å²) in [5, 5.41) is 39.8. The summed E-state index contributed by atoms with van der Waals surface area (Å²) in [5.74, 6) is 0. The monoisotopic (exact) mass is 396 g/mol. The molecule has 0 radical (unpaired) electrons. The summed E-state index contributed by atoms with van der Waals surface area (Å²) in [4.78, 5) is 0. The molecule has 0 aliphatic rings. The average molecular weight is 396 g/mol. The van der Waals surface area contributed by atoms with E-state index in [-0.39, 0.29) is 69.8 Å². The van der Waals surface area contributed by atoms with E-state index in [0.717, 1.165) is 0 Å². The zero-order chi connectivity index (χ0) is 20.8. The summed E-state index contributed by atoms with van der Waals surface area (Å²) >= 11 is 0. The van der Waals surface area contributed by atoms with Gasteiger partial charge in [0, 0.05) is 0 Å². The number of rotatable bonds is 0. The molecule has 0 aromatic rings. The molecule has 0 aromatic heterocycles. The van der Waals surface area contributed by atoms with E-state index in [2.05, 4.69) is 0 Å². The second-order valence-electron chi connectivity index (χ2n) is 10.8.